The molecule has 1 amide bonds. The molecule has 1 saturated heterocycles. The molecule has 2 aromatic heterocycles. The average molecular weight is 337 g/mol. The minimum Gasteiger partial charge on any atom is -0.368 e. The predicted molar refractivity (Wildman–Crippen MR) is 88.1 cm³/mol. The van der Waals surface area contributed by atoms with Crippen LogP contribution in [0.3, 0.4) is 0 Å². The van der Waals surface area contributed by atoms with E-state index in [4.69, 9.17) is 4.74 Å². The molecule has 1 aliphatic rings. The maximum Gasteiger partial charge on any atom is 0.234 e. The van der Waals surface area contributed by atoms with Gasteiger partial charge in [-0.15, -0.1) is 22.7 Å². The number of aryl methyl sites for hydroxylation is 1. The number of thiophene rings is 1. The molecule has 0 spiro atoms. The summed E-state index contributed by atoms with van der Waals surface area (Å²) in [6, 6.07) is 4.14. The van der Waals surface area contributed by atoms with Gasteiger partial charge in [0.25, 0.3) is 0 Å². The van der Waals surface area contributed by atoms with Crippen molar-refractivity contribution in [2.45, 2.75) is 19.6 Å². The van der Waals surface area contributed by atoms with Crippen LogP contribution in [0.25, 0.3) is 0 Å². The molecule has 1 fully saturated rings. The van der Waals surface area contributed by atoms with Gasteiger partial charge in [-0.3, -0.25) is 9.69 Å². The smallest absolute Gasteiger partial charge is 0.234 e. The van der Waals surface area contributed by atoms with Crippen LogP contribution in [0, 0.1) is 6.92 Å². The largest absolute Gasteiger partial charge is 0.368 e. The minimum atomic E-state index is -0.0125. The summed E-state index contributed by atoms with van der Waals surface area (Å²) < 4.78 is 5.74. The quantitative estimate of drug-likeness (QED) is 0.909. The lowest BCUT2D eigenvalue weighted by Gasteiger charge is -2.31. The van der Waals surface area contributed by atoms with E-state index in [1.807, 2.05) is 5.38 Å². The van der Waals surface area contributed by atoms with Gasteiger partial charge < -0.3 is 10.1 Å². The Morgan fingerprint density at radius 3 is 3.18 bits per heavy atom. The summed E-state index contributed by atoms with van der Waals surface area (Å²) in [6.45, 7) is 5.24. The Kier molecular flexibility index (Phi) is 5.20. The van der Waals surface area contributed by atoms with Crippen LogP contribution in [0.1, 0.15) is 20.9 Å². The van der Waals surface area contributed by atoms with Gasteiger partial charge in [0.15, 0.2) is 0 Å². The van der Waals surface area contributed by atoms with Crippen LogP contribution >= 0.6 is 22.7 Å². The van der Waals surface area contributed by atoms with Gasteiger partial charge in [0.1, 0.15) is 11.1 Å². The van der Waals surface area contributed by atoms with Crippen LogP contribution in [-0.4, -0.2) is 42.0 Å². The second-order valence-electron chi connectivity index (χ2n) is 5.25. The zero-order valence-electron chi connectivity index (χ0n) is 12.4. The summed E-state index contributed by atoms with van der Waals surface area (Å²) in [6.07, 6.45) is 1.78. The van der Waals surface area contributed by atoms with Crippen molar-refractivity contribution in [3.05, 3.63) is 38.5 Å². The molecule has 22 heavy (non-hydrogen) atoms. The molecule has 0 aliphatic carbocycles. The molecule has 1 atom stereocenters. The third kappa shape index (κ3) is 4.13. The lowest BCUT2D eigenvalue weighted by Crippen LogP contribution is -2.44. The highest BCUT2D eigenvalue weighted by atomic mass is 32.1. The Bertz CT molecular complexity index is 612. The first-order valence-corrected chi connectivity index (χ1v) is 8.95. The van der Waals surface area contributed by atoms with Gasteiger partial charge in [-0.1, -0.05) is 0 Å². The van der Waals surface area contributed by atoms with Gasteiger partial charge in [0.05, 0.1) is 19.7 Å². The Labute approximate surface area is 137 Å². The highest BCUT2D eigenvalue weighted by molar-refractivity contribution is 7.11. The molecule has 2 aromatic rings. The van der Waals surface area contributed by atoms with E-state index < -0.39 is 0 Å². The van der Waals surface area contributed by atoms with E-state index in [2.05, 4.69) is 34.3 Å². The fourth-order valence-corrected chi connectivity index (χ4v) is 3.92. The molecule has 1 aliphatic heterocycles. The van der Waals surface area contributed by atoms with E-state index in [0.717, 1.165) is 18.1 Å². The highest BCUT2D eigenvalue weighted by Crippen LogP contribution is 2.23. The molecule has 3 heterocycles. The molecule has 1 N–H and O–H groups in total. The van der Waals surface area contributed by atoms with Crippen molar-refractivity contribution in [3.63, 3.8) is 0 Å². The first kappa shape index (κ1) is 15.6. The molecule has 118 valence electrons. The fourth-order valence-electron chi connectivity index (χ4n) is 2.41. The average Bonchev–Trinajstić information content (AvgIpc) is 3.17. The van der Waals surface area contributed by atoms with Gasteiger partial charge in [0.2, 0.25) is 5.91 Å². The molecule has 0 radical (unpaired) electrons. The molecular weight excluding hydrogens is 318 g/mol. The second-order valence-corrected chi connectivity index (χ2v) is 7.55. The van der Waals surface area contributed by atoms with E-state index in [0.29, 0.717) is 19.7 Å². The molecule has 0 bridgehead atoms. The SMILES string of the molecule is Cc1ccc(CNC(=O)CN2CCO[C@H](c3nccs3)C2)s1. The monoisotopic (exact) mass is 337 g/mol. The number of amides is 1. The number of carbonyl (C=O) groups excluding carboxylic acids is 1. The van der Waals surface area contributed by atoms with Gasteiger partial charge in [-0.05, 0) is 19.1 Å². The number of carbonyl (C=O) groups is 1. The van der Waals surface area contributed by atoms with Gasteiger partial charge in [0, 0.05) is 34.4 Å². The molecule has 0 saturated carbocycles. The highest BCUT2D eigenvalue weighted by Gasteiger charge is 2.24. The van der Waals surface area contributed by atoms with Crippen molar-refractivity contribution in [1.29, 1.82) is 0 Å². The number of hydrogen-bond acceptors (Lipinski definition) is 6. The van der Waals surface area contributed by atoms with Crippen LogP contribution in [0.2, 0.25) is 0 Å². The summed E-state index contributed by atoms with van der Waals surface area (Å²) in [5, 5.41) is 5.92. The lowest BCUT2D eigenvalue weighted by atomic mass is 10.2. The predicted octanol–water partition coefficient (Wildman–Crippen LogP) is 2.20. The summed E-state index contributed by atoms with van der Waals surface area (Å²) in [5.41, 5.74) is 0. The van der Waals surface area contributed by atoms with Crippen LogP contribution in [0.5, 0.6) is 0 Å². The first-order valence-electron chi connectivity index (χ1n) is 7.26. The second kappa shape index (κ2) is 7.32. The minimum absolute atomic E-state index is 0.0125. The van der Waals surface area contributed by atoms with E-state index in [1.54, 1.807) is 28.9 Å². The van der Waals surface area contributed by atoms with Crippen molar-refractivity contribution in [1.82, 2.24) is 15.2 Å². The number of ether oxygens (including phenoxy) is 1. The summed E-state index contributed by atoms with van der Waals surface area (Å²) in [5.74, 6) is 0.0610. The maximum atomic E-state index is 12.1. The zero-order valence-corrected chi connectivity index (χ0v) is 14.1. The van der Waals surface area contributed by atoms with Crippen LogP contribution in [0.15, 0.2) is 23.7 Å². The normalized spacial score (nSPS) is 19.2. The van der Waals surface area contributed by atoms with Crippen LogP contribution < -0.4 is 5.32 Å². The van der Waals surface area contributed by atoms with Crippen molar-refractivity contribution < 1.29 is 9.53 Å². The first-order chi connectivity index (χ1) is 10.7. The third-order valence-corrected chi connectivity index (χ3v) is 5.37. The Morgan fingerprint density at radius 2 is 2.45 bits per heavy atom. The fraction of sp³-hybridized carbons (Fsp3) is 0.467. The number of thiazole rings is 1. The topological polar surface area (TPSA) is 54.5 Å². The van der Waals surface area contributed by atoms with Crippen LogP contribution in [0.4, 0.5) is 0 Å². The molecule has 5 nitrogen and oxygen atoms in total. The summed E-state index contributed by atoms with van der Waals surface area (Å²) in [7, 11) is 0. The Hall–Kier alpha value is -1.28. The number of nitrogens with zero attached hydrogens (tertiary/aromatic N) is 2. The molecule has 3 rings (SSSR count). The van der Waals surface area contributed by atoms with Crippen molar-refractivity contribution in [2.75, 3.05) is 26.2 Å². The number of nitrogens with one attached hydrogen (secondary N) is 1. The molecular formula is C15H19N3O2S2. The standard InChI is InChI=1S/C15H19N3O2S2/c1-11-2-3-12(22-11)8-17-14(19)10-18-5-6-20-13(9-18)15-16-4-7-21-15/h2-4,7,13H,5-6,8-10H2,1H3,(H,17,19)/t13-/m0/s1. The van der Waals surface area contributed by atoms with Crippen molar-refractivity contribution >= 4 is 28.6 Å². The third-order valence-electron chi connectivity index (χ3n) is 3.50. The molecule has 7 heteroatoms. The zero-order chi connectivity index (χ0) is 15.4. The van der Waals surface area contributed by atoms with Crippen molar-refractivity contribution in [3.8, 4) is 0 Å². The van der Waals surface area contributed by atoms with Crippen LogP contribution in [-0.2, 0) is 16.1 Å². The summed E-state index contributed by atoms with van der Waals surface area (Å²) in [4.78, 5) is 21.0. The number of hydrogen-bond donors (Lipinski definition) is 1. The van der Waals surface area contributed by atoms with E-state index in [9.17, 15) is 4.79 Å². The number of aromatic nitrogens is 1. The number of morpholine rings is 1. The summed E-state index contributed by atoms with van der Waals surface area (Å²) >= 11 is 3.32. The van der Waals surface area contributed by atoms with E-state index in [-0.39, 0.29) is 12.0 Å². The van der Waals surface area contributed by atoms with Crippen molar-refractivity contribution in [2.24, 2.45) is 0 Å². The number of rotatable bonds is 5. The van der Waals surface area contributed by atoms with Gasteiger partial charge >= 0.3 is 0 Å². The Balaban J connectivity index is 1.46. The van der Waals surface area contributed by atoms with Gasteiger partial charge in [-0.2, -0.15) is 0 Å². The maximum absolute atomic E-state index is 12.1. The molecule has 0 unspecified atom stereocenters. The van der Waals surface area contributed by atoms with E-state index in [1.165, 1.54) is 9.75 Å². The van der Waals surface area contributed by atoms with E-state index >= 15 is 0 Å². The molecule has 0 aromatic carbocycles. The lowest BCUT2D eigenvalue weighted by molar-refractivity contribution is -0.124. The Morgan fingerprint density at radius 1 is 1.55 bits per heavy atom. The van der Waals surface area contributed by atoms with Gasteiger partial charge in [-0.25, -0.2) is 4.98 Å².